The van der Waals surface area contributed by atoms with Crippen LogP contribution < -0.4 is 4.31 Å². The largest absolute Gasteiger partial charge is 0.481 e. The van der Waals surface area contributed by atoms with Crippen molar-refractivity contribution >= 4 is 28.0 Å². The number of hydrogen-bond acceptors (Lipinski definition) is 7. The second-order valence-electron chi connectivity index (χ2n) is 7.84. The summed E-state index contributed by atoms with van der Waals surface area (Å²) in [5, 5.41) is 28.8. The quantitative estimate of drug-likeness (QED) is 0.487. The average molecular weight is 464 g/mol. The van der Waals surface area contributed by atoms with Crippen LogP contribution in [0.3, 0.4) is 0 Å². The molecule has 0 radical (unpaired) electrons. The predicted octanol–water partition coefficient (Wildman–Crippen LogP) is 2.26. The normalized spacial score (nSPS) is 14.0. The summed E-state index contributed by atoms with van der Waals surface area (Å²) in [6.07, 6.45) is 1.25. The third-order valence-electron chi connectivity index (χ3n) is 4.75. The summed E-state index contributed by atoms with van der Waals surface area (Å²) < 4.78 is 25.2. The number of hydrogen-bond donors (Lipinski definition) is 3. The number of aliphatic hydroxyl groups excluding tert-OH is 2. The molecule has 1 aromatic carbocycles. The Labute approximate surface area is 188 Å². The number of carboxylic acid groups (broad SMARTS) is 1. The van der Waals surface area contributed by atoms with Crippen molar-refractivity contribution in [2.24, 2.45) is 0 Å². The summed E-state index contributed by atoms with van der Waals surface area (Å²) >= 11 is 0. The minimum Gasteiger partial charge on any atom is -0.481 e. The van der Waals surface area contributed by atoms with Gasteiger partial charge in [-0.25, -0.2) is 22.7 Å². The molecule has 3 N–H and O–H groups in total. The van der Waals surface area contributed by atoms with E-state index in [1.807, 2.05) is 44.2 Å². The molecule has 0 aliphatic heterocycles. The van der Waals surface area contributed by atoms with E-state index in [1.54, 1.807) is 6.08 Å². The topological polar surface area (TPSA) is 141 Å². The number of carboxylic acids is 1. The minimum atomic E-state index is -3.58. The van der Waals surface area contributed by atoms with Crippen molar-refractivity contribution in [2.75, 3.05) is 17.6 Å². The molecule has 1 heterocycles. The van der Waals surface area contributed by atoms with Crippen LogP contribution in [0.15, 0.2) is 36.4 Å². The third kappa shape index (κ3) is 6.84. The lowest BCUT2D eigenvalue weighted by Crippen LogP contribution is -2.27. The molecule has 0 fully saturated rings. The fourth-order valence-corrected chi connectivity index (χ4v) is 3.41. The van der Waals surface area contributed by atoms with E-state index in [2.05, 4.69) is 9.97 Å². The van der Waals surface area contributed by atoms with Crippen molar-refractivity contribution in [3.8, 4) is 11.3 Å². The van der Waals surface area contributed by atoms with Gasteiger partial charge in [0.2, 0.25) is 16.0 Å². The average Bonchev–Trinajstić information content (AvgIpc) is 2.70. The first-order valence-corrected chi connectivity index (χ1v) is 11.9. The Morgan fingerprint density at radius 1 is 1.16 bits per heavy atom. The Balaban J connectivity index is 2.58. The minimum absolute atomic E-state index is 0.0321. The van der Waals surface area contributed by atoms with Gasteiger partial charge in [0, 0.05) is 24.6 Å². The maximum Gasteiger partial charge on any atom is 0.305 e. The van der Waals surface area contributed by atoms with Crippen LogP contribution in [0.2, 0.25) is 0 Å². The number of aromatic nitrogens is 2. The van der Waals surface area contributed by atoms with Crippen molar-refractivity contribution in [2.45, 2.75) is 44.8 Å². The number of carbonyl (C=O) groups is 1. The van der Waals surface area contributed by atoms with Gasteiger partial charge in [0.15, 0.2) is 0 Å². The van der Waals surface area contributed by atoms with Gasteiger partial charge >= 0.3 is 5.97 Å². The van der Waals surface area contributed by atoms with E-state index in [0.717, 1.165) is 16.1 Å². The number of sulfonamides is 1. The van der Waals surface area contributed by atoms with E-state index in [9.17, 15) is 23.4 Å². The van der Waals surface area contributed by atoms with Crippen LogP contribution in [0.5, 0.6) is 0 Å². The van der Waals surface area contributed by atoms with Crippen LogP contribution in [0, 0.1) is 0 Å². The summed E-state index contributed by atoms with van der Waals surface area (Å²) in [6, 6.07) is 9.18. The summed E-state index contributed by atoms with van der Waals surface area (Å²) in [5.74, 6) is -1.22. The molecular formula is C22H29N3O6S. The molecule has 0 amide bonds. The maximum atomic E-state index is 12.1. The fourth-order valence-electron chi connectivity index (χ4n) is 3.03. The van der Waals surface area contributed by atoms with E-state index >= 15 is 0 Å². The third-order valence-corrected chi connectivity index (χ3v) is 5.90. The van der Waals surface area contributed by atoms with Crippen molar-refractivity contribution in [3.05, 3.63) is 47.7 Å². The van der Waals surface area contributed by atoms with Crippen LogP contribution in [0.1, 0.15) is 43.9 Å². The van der Waals surface area contributed by atoms with Gasteiger partial charge in [-0.2, -0.15) is 0 Å². The summed E-state index contributed by atoms with van der Waals surface area (Å²) in [4.78, 5) is 19.7. The van der Waals surface area contributed by atoms with Crippen LogP contribution in [-0.4, -0.2) is 65.2 Å². The van der Waals surface area contributed by atoms with Gasteiger partial charge in [0.25, 0.3) is 0 Å². The van der Waals surface area contributed by atoms with Crippen molar-refractivity contribution in [1.82, 2.24) is 9.97 Å². The standard InChI is InChI=1S/C22H29N3O6S/c1-14(2)20-18(11-10-16(26)12-17(27)13-19(28)29)21(15-8-6-5-7-9-15)24-22(23-20)25(3)32(4,30)31/h5-11,14,16-17,26-27H,12-13H2,1-4H3,(H,28,29)/t16-,17-/m1/s1. The highest BCUT2D eigenvalue weighted by Gasteiger charge is 2.22. The molecule has 2 rings (SSSR count). The molecule has 0 saturated carbocycles. The molecule has 32 heavy (non-hydrogen) atoms. The molecule has 0 aliphatic carbocycles. The second kappa shape index (κ2) is 10.7. The first-order valence-electron chi connectivity index (χ1n) is 10.1. The van der Waals surface area contributed by atoms with Crippen LogP contribution in [0.4, 0.5) is 5.95 Å². The molecule has 2 aromatic rings. The lowest BCUT2D eigenvalue weighted by Gasteiger charge is -2.20. The summed E-state index contributed by atoms with van der Waals surface area (Å²) in [6.45, 7) is 3.82. The number of anilines is 1. The van der Waals surface area contributed by atoms with Crippen molar-refractivity contribution in [1.29, 1.82) is 0 Å². The molecule has 174 valence electrons. The van der Waals surface area contributed by atoms with Crippen LogP contribution in [0.25, 0.3) is 17.3 Å². The van der Waals surface area contributed by atoms with Gasteiger partial charge in [-0.15, -0.1) is 0 Å². The molecule has 2 atom stereocenters. The molecule has 0 unspecified atom stereocenters. The fraction of sp³-hybridized carbons (Fsp3) is 0.409. The number of aliphatic carboxylic acids is 1. The zero-order chi connectivity index (χ0) is 24.1. The van der Waals surface area contributed by atoms with Gasteiger partial charge in [-0.05, 0) is 5.92 Å². The Kier molecular flexibility index (Phi) is 8.48. The molecule has 9 nitrogen and oxygen atoms in total. The van der Waals surface area contributed by atoms with E-state index in [4.69, 9.17) is 5.11 Å². The first kappa shape index (κ1) is 25.4. The molecule has 0 saturated heterocycles. The van der Waals surface area contributed by atoms with Crippen LogP contribution >= 0.6 is 0 Å². The molecule has 10 heteroatoms. The molecule has 1 aromatic heterocycles. The monoisotopic (exact) mass is 463 g/mol. The number of benzene rings is 1. The highest BCUT2D eigenvalue weighted by Crippen LogP contribution is 2.31. The number of aliphatic hydroxyl groups is 2. The van der Waals surface area contributed by atoms with Crippen LogP contribution in [-0.2, 0) is 14.8 Å². The van der Waals surface area contributed by atoms with Gasteiger partial charge in [0.05, 0.1) is 36.3 Å². The van der Waals surface area contributed by atoms with Gasteiger partial charge in [0.1, 0.15) is 0 Å². The smallest absolute Gasteiger partial charge is 0.305 e. The maximum absolute atomic E-state index is 12.1. The SMILES string of the molecule is CC(C)c1nc(N(C)S(C)(=O)=O)nc(-c2ccccc2)c1C=C[C@@H](O)C[C@@H](O)CC(=O)O. The zero-order valence-electron chi connectivity index (χ0n) is 18.5. The molecule has 0 aliphatic rings. The van der Waals surface area contributed by atoms with Gasteiger partial charge in [-0.3, -0.25) is 4.79 Å². The Morgan fingerprint density at radius 3 is 2.31 bits per heavy atom. The molecule has 0 bridgehead atoms. The predicted molar refractivity (Wildman–Crippen MR) is 123 cm³/mol. The second-order valence-corrected chi connectivity index (χ2v) is 9.85. The van der Waals surface area contributed by atoms with E-state index in [1.165, 1.54) is 13.1 Å². The lowest BCUT2D eigenvalue weighted by atomic mass is 9.97. The number of rotatable bonds is 10. The zero-order valence-corrected chi connectivity index (χ0v) is 19.3. The number of nitrogens with zero attached hydrogens (tertiary/aromatic N) is 3. The van der Waals surface area contributed by atoms with Crippen molar-refractivity contribution in [3.63, 3.8) is 0 Å². The Morgan fingerprint density at radius 2 is 1.78 bits per heavy atom. The van der Waals surface area contributed by atoms with Gasteiger partial charge in [-0.1, -0.05) is 56.3 Å². The molecule has 0 spiro atoms. The first-order chi connectivity index (χ1) is 14.9. The highest BCUT2D eigenvalue weighted by molar-refractivity contribution is 7.92. The summed E-state index contributed by atoms with van der Waals surface area (Å²) in [5.41, 5.74) is 2.41. The lowest BCUT2D eigenvalue weighted by molar-refractivity contribution is -0.139. The van der Waals surface area contributed by atoms with Gasteiger partial charge < -0.3 is 15.3 Å². The Hall–Kier alpha value is -2.82. The van der Waals surface area contributed by atoms with E-state index in [-0.39, 0.29) is 18.3 Å². The van der Waals surface area contributed by atoms with E-state index in [0.29, 0.717) is 17.0 Å². The highest BCUT2D eigenvalue weighted by atomic mass is 32.2. The Bertz CT molecular complexity index is 1070. The van der Waals surface area contributed by atoms with Crippen molar-refractivity contribution < 1.29 is 28.5 Å². The summed E-state index contributed by atoms with van der Waals surface area (Å²) in [7, 11) is -2.20. The molecular weight excluding hydrogens is 434 g/mol. The van der Waals surface area contributed by atoms with E-state index < -0.39 is 34.6 Å².